The highest BCUT2D eigenvalue weighted by Crippen LogP contribution is 2.18. The van der Waals surface area contributed by atoms with Crippen LogP contribution in [0.2, 0.25) is 0 Å². The average Bonchev–Trinajstić information content (AvgIpc) is 2.45. The van der Waals surface area contributed by atoms with E-state index in [4.69, 9.17) is 4.74 Å². The van der Waals surface area contributed by atoms with Gasteiger partial charge in [0.05, 0.1) is 0 Å². The third kappa shape index (κ3) is 6.81. The fourth-order valence-corrected chi connectivity index (χ4v) is 3.01. The molecule has 1 aliphatic carbocycles. The summed E-state index contributed by atoms with van der Waals surface area (Å²) in [5.74, 6) is 0.795. The van der Waals surface area contributed by atoms with Gasteiger partial charge >= 0.3 is 0 Å². The topological polar surface area (TPSA) is 41.5 Å². The Balaban J connectivity index is 1.64. The highest BCUT2D eigenvalue weighted by atomic mass is 79.9. The fourth-order valence-electron chi connectivity index (χ4n) is 2.75. The number of rotatable bonds is 6. The van der Waals surface area contributed by atoms with Crippen LogP contribution in [0.15, 0.2) is 28.7 Å². The van der Waals surface area contributed by atoms with Crippen LogP contribution in [0.25, 0.3) is 0 Å². The van der Waals surface area contributed by atoms with E-state index in [0.29, 0.717) is 19.2 Å². The number of hydrogen-bond acceptors (Lipinski definition) is 3. The van der Waals surface area contributed by atoms with E-state index >= 15 is 0 Å². The van der Waals surface area contributed by atoms with E-state index in [0.717, 1.165) is 10.2 Å². The van der Waals surface area contributed by atoms with E-state index in [-0.39, 0.29) is 0 Å². The quantitative estimate of drug-likeness (QED) is 0.813. The lowest BCUT2D eigenvalue weighted by atomic mass is 9.96. The third-order valence-electron chi connectivity index (χ3n) is 4.00. The molecular formula is C17H26BrNO2. The standard InChI is InChI=1S/C17H26BrNO2/c18-14-8-10-17(11-9-14)21-13-16(20)12-19-15-6-4-2-1-3-5-7-15/h8-11,15-16,19-20H,1-7,12-13H2. The van der Waals surface area contributed by atoms with E-state index in [9.17, 15) is 5.11 Å². The van der Waals surface area contributed by atoms with Gasteiger partial charge in [0, 0.05) is 17.1 Å². The van der Waals surface area contributed by atoms with E-state index < -0.39 is 6.10 Å². The number of aliphatic hydroxyl groups excluding tert-OH is 1. The SMILES string of the molecule is OC(CNC1CCCCCCC1)COc1ccc(Br)cc1. The van der Waals surface area contributed by atoms with Gasteiger partial charge in [-0.2, -0.15) is 0 Å². The zero-order valence-electron chi connectivity index (χ0n) is 12.6. The van der Waals surface area contributed by atoms with Gasteiger partial charge in [-0.15, -0.1) is 0 Å². The molecule has 0 aliphatic heterocycles. The summed E-state index contributed by atoms with van der Waals surface area (Å²) in [5.41, 5.74) is 0. The first-order valence-electron chi connectivity index (χ1n) is 8.04. The summed E-state index contributed by atoms with van der Waals surface area (Å²) in [6.07, 6.45) is 8.73. The van der Waals surface area contributed by atoms with Gasteiger partial charge in [0.2, 0.25) is 0 Å². The van der Waals surface area contributed by atoms with Crippen LogP contribution in [-0.2, 0) is 0 Å². The van der Waals surface area contributed by atoms with Crippen molar-refractivity contribution in [3.05, 3.63) is 28.7 Å². The van der Waals surface area contributed by atoms with Gasteiger partial charge < -0.3 is 15.2 Å². The molecule has 1 unspecified atom stereocenters. The molecule has 2 rings (SSSR count). The molecule has 1 saturated carbocycles. The zero-order chi connectivity index (χ0) is 14.9. The normalized spacial score (nSPS) is 18.8. The van der Waals surface area contributed by atoms with Crippen LogP contribution in [0.1, 0.15) is 44.9 Å². The number of halogens is 1. The van der Waals surface area contributed by atoms with Gasteiger partial charge in [0.15, 0.2) is 0 Å². The van der Waals surface area contributed by atoms with Crippen LogP contribution in [-0.4, -0.2) is 30.4 Å². The van der Waals surface area contributed by atoms with Gasteiger partial charge in [-0.05, 0) is 37.1 Å². The zero-order valence-corrected chi connectivity index (χ0v) is 14.1. The second-order valence-corrected chi connectivity index (χ2v) is 6.78. The molecule has 0 heterocycles. The van der Waals surface area contributed by atoms with Gasteiger partial charge in [-0.1, -0.05) is 48.0 Å². The lowest BCUT2D eigenvalue weighted by molar-refractivity contribution is 0.102. The molecule has 0 aromatic heterocycles. The maximum absolute atomic E-state index is 10.0. The lowest BCUT2D eigenvalue weighted by Gasteiger charge is -2.22. The summed E-state index contributed by atoms with van der Waals surface area (Å²) < 4.78 is 6.63. The van der Waals surface area contributed by atoms with Gasteiger partial charge in [-0.25, -0.2) is 0 Å². The Morgan fingerprint density at radius 3 is 2.38 bits per heavy atom. The van der Waals surface area contributed by atoms with Gasteiger partial charge in [-0.3, -0.25) is 0 Å². The molecule has 3 nitrogen and oxygen atoms in total. The highest BCUT2D eigenvalue weighted by Gasteiger charge is 2.13. The van der Waals surface area contributed by atoms with E-state index in [2.05, 4.69) is 21.2 Å². The Bertz CT molecular complexity index is 388. The van der Waals surface area contributed by atoms with Crippen LogP contribution in [0.4, 0.5) is 0 Å². The van der Waals surface area contributed by atoms with Crippen LogP contribution in [0.3, 0.4) is 0 Å². The summed E-state index contributed by atoms with van der Waals surface area (Å²) in [6.45, 7) is 0.947. The Kier molecular flexibility index (Phi) is 7.54. The molecule has 4 heteroatoms. The number of aliphatic hydroxyl groups is 1. The van der Waals surface area contributed by atoms with Crippen LogP contribution < -0.4 is 10.1 Å². The summed E-state index contributed by atoms with van der Waals surface area (Å²) in [4.78, 5) is 0. The van der Waals surface area contributed by atoms with Crippen molar-refractivity contribution in [1.82, 2.24) is 5.32 Å². The molecule has 0 amide bonds. The smallest absolute Gasteiger partial charge is 0.119 e. The molecule has 1 atom stereocenters. The van der Waals surface area contributed by atoms with E-state index in [1.54, 1.807) is 0 Å². The molecule has 0 spiro atoms. The molecule has 0 saturated heterocycles. The molecule has 1 aliphatic rings. The first-order chi connectivity index (χ1) is 10.2. The number of nitrogens with one attached hydrogen (secondary N) is 1. The van der Waals surface area contributed by atoms with E-state index in [1.807, 2.05) is 24.3 Å². The molecule has 0 radical (unpaired) electrons. The predicted molar refractivity (Wildman–Crippen MR) is 89.8 cm³/mol. The molecule has 1 aromatic rings. The molecule has 0 bridgehead atoms. The summed E-state index contributed by atoms with van der Waals surface area (Å²) in [5, 5.41) is 13.5. The van der Waals surface area contributed by atoms with Crippen LogP contribution in [0, 0.1) is 0 Å². The summed E-state index contributed by atoms with van der Waals surface area (Å²) >= 11 is 3.39. The Hall–Kier alpha value is -0.580. The van der Waals surface area contributed by atoms with Crippen molar-refractivity contribution in [3.8, 4) is 5.75 Å². The van der Waals surface area contributed by atoms with Crippen molar-refractivity contribution < 1.29 is 9.84 Å². The average molecular weight is 356 g/mol. The Morgan fingerprint density at radius 2 is 1.71 bits per heavy atom. The number of hydrogen-bond donors (Lipinski definition) is 2. The second kappa shape index (κ2) is 9.44. The number of ether oxygens (including phenoxy) is 1. The molecule has 1 fully saturated rings. The molecular weight excluding hydrogens is 330 g/mol. The van der Waals surface area contributed by atoms with Crippen LogP contribution in [0.5, 0.6) is 5.75 Å². The molecule has 1 aromatic carbocycles. The highest BCUT2D eigenvalue weighted by molar-refractivity contribution is 9.10. The van der Waals surface area contributed by atoms with Crippen molar-refractivity contribution in [3.63, 3.8) is 0 Å². The third-order valence-corrected chi connectivity index (χ3v) is 4.53. The Labute approximate surface area is 136 Å². The van der Waals surface area contributed by atoms with E-state index in [1.165, 1.54) is 44.9 Å². The maximum Gasteiger partial charge on any atom is 0.119 e. The monoisotopic (exact) mass is 355 g/mol. The molecule has 21 heavy (non-hydrogen) atoms. The Morgan fingerprint density at radius 1 is 1.10 bits per heavy atom. The minimum Gasteiger partial charge on any atom is -0.491 e. The van der Waals surface area contributed by atoms with Crippen molar-refractivity contribution in [2.45, 2.75) is 57.1 Å². The minimum atomic E-state index is -0.459. The lowest BCUT2D eigenvalue weighted by Crippen LogP contribution is -2.38. The predicted octanol–water partition coefficient (Wildman–Crippen LogP) is 3.89. The molecule has 118 valence electrons. The van der Waals surface area contributed by atoms with Gasteiger partial charge in [0.1, 0.15) is 18.5 Å². The second-order valence-electron chi connectivity index (χ2n) is 5.87. The first kappa shape index (κ1) is 16.8. The fraction of sp³-hybridized carbons (Fsp3) is 0.647. The number of benzene rings is 1. The maximum atomic E-state index is 10.0. The van der Waals surface area contributed by atoms with Crippen molar-refractivity contribution >= 4 is 15.9 Å². The summed E-state index contributed by atoms with van der Waals surface area (Å²) in [7, 11) is 0. The molecule has 2 N–H and O–H groups in total. The van der Waals surface area contributed by atoms with Crippen molar-refractivity contribution in [2.75, 3.05) is 13.2 Å². The van der Waals surface area contributed by atoms with Gasteiger partial charge in [0.25, 0.3) is 0 Å². The largest absolute Gasteiger partial charge is 0.491 e. The minimum absolute atomic E-state index is 0.335. The summed E-state index contributed by atoms with van der Waals surface area (Å²) in [6, 6.07) is 8.24. The van der Waals surface area contributed by atoms with Crippen molar-refractivity contribution in [1.29, 1.82) is 0 Å². The first-order valence-corrected chi connectivity index (χ1v) is 8.83. The van der Waals surface area contributed by atoms with Crippen molar-refractivity contribution in [2.24, 2.45) is 0 Å². The van der Waals surface area contributed by atoms with Crippen LogP contribution >= 0.6 is 15.9 Å².